The molecule has 2 N–H and O–H groups in total. The predicted octanol–water partition coefficient (Wildman–Crippen LogP) is 2.59. The predicted molar refractivity (Wildman–Crippen MR) is 78.2 cm³/mol. The molecule has 1 aromatic carbocycles. The summed E-state index contributed by atoms with van der Waals surface area (Å²) in [6.45, 7) is 1.46. The Hall–Kier alpha value is -1.82. The highest BCUT2D eigenvalue weighted by Gasteiger charge is 2.24. The molecular weight excluding hydrogens is 276 g/mol. The van der Waals surface area contributed by atoms with Crippen molar-refractivity contribution in [2.24, 2.45) is 0 Å². The Morgan fingerprint density at radius 3 is 2.65 bits per heavy atom. The molecule has 0 spiro atoms. The fourth-order valence-corrected chi connectivity index (χ4v) is 2.51. The first kappa shape index (κ1) is 13.2. The largest absolute Gasteiger partial charge is 0.496 e. The lowest BCUT2D eigenvalue weighted by Crippen LogP contribution is -2.37. The molecule has 1 aromatic heterocycles. The van der Waals surface area contributed by atoms with E-state index in [0.29, 0.717) is 0 Å². The van der Waals surface area contributed by atoms with E-state index in [1.54, 1.807) is 19.5 Å². The number of halogens is 1. The number of aromatic nitrogens is 1. The molecule has 2 aromatic rings. The van der Waals surface area contributed by atoms with E-state index in [-0.39, 0.29) is 0 Å². The first-order valence-electron chi connectivity index (χ1n) is 6.29. The summed E-state index contributed by atoms with van der Waals surface area (Å²) in [5.74, 6) is 0.873. The fraction of sp³-hybridized carbons (Fsp3) is 0.214. The smallest absolute Gasteiger partial charge is 0.123 e. The Kier molecular flexibility index (Phi) is 3.73. The van der Waals surface area contributed by atoms with Crippen LogP contribution in [0.3, 0.4) is 0 Å². The molecule has 6 heteroatoms. The van der Waals surface area contributed by atoms with Crippen LogP contribution in [0.2, 0.25) is 5.02 Å². The number of nitrogens with zero attached hydrogens (tertiary/aromatic N) is 2. The SMILES string of the molecule is COc1ccc(Cl)c2c1CN(NNc1ccncc1)C2. The van der Waals surface area contributed by atoms with E-state index in [1.807, 2.05) is 29.3 Å². The third-order valence-corrected chi connectivity index (χ3v) is 3.64. The van der Waals surface area contributed by atoms with E-state index in [2.05, 4.69) is 15.9 Å². The average Bonchev–Trinajstić information content (AvgIpc) is 2.92. The Morgan fingerprint density at radius 2 is 1.90 bits per heavy atom. The van der Waals surface area contributed by atoms with Crippen molar-refractivity contribution in [3.8, 4) is 5.75 Å². The number of pyridine rings is 1. The molecule has 0 saturated heterocycles. The lowest BCUT2D eigenvalue weighted by Gasteiger charge is -2.18. The zero-order valence-corrected chi connectivity index (χ0v) is 11.8. The van der Waals surface area contributed by atoms with Crippen LogP contribution >= 0.6 is 11.6 Å². The first-order chi connectivity index (χ1) is 9.78. The number of benzene rings is 1. The lowest BCUT2D eigenvalue weighted by molar-refractivity contribution is 0.209. The molecule has 0 bridgehead atoms. The molecule has 20 heavy (non-hydrogen) atoms. The van der Waals surface area contributed by atoms with Gasteiger partial charge in [-0.05, 0) is 29.8 Å². The second kappa shape index (κ2) is 5.66. The molecule has 3 rings (SSSR count). The minimum absolute atomic E-state index is 0.726. The number of hydrogen-bond donors (Lipinski definition) is 2. The minimum atomic E-state index is 0.726. The van der Waals surface area contributed by atoms with Gasteiger partial charge < -0.3 is 10.2 Å². The van der Waals surface area contributed by atoms with Crippen molar-refractivity contribution in [1.29, 1.82) is 0 Å². The summed E-state index contributed by atoms with van der Waals surface area (Å²) in [6.07, 6.45) is 3.48. The van der Waals surface area contributed by atoms with Gasteiger partial charge in [0.1, 0.15) is 5.75 Å². The molecule has 1 aliphatic heterocycles. The molecule has 0 fully saturated rings. The number of nitrogens with one attached hydrogen (secondary N) is 2. The molecular formula is C14H15ClN4O. The van der Waals surface area contributed by atoms with Crippen LogP contribution in [0.25, 0.3) is 0 Å². The van der Waals surface area contributed by atoms with Crippen LogP contribution in [0.4, 0.5) is 5.69 Å². The van der Waals surface area contributed by atoms with Crippen molar-refractivity contribution in [3.63, 3.8) is 0 Å². The van der Waals surface area contributed by atoms with Gasteiger partial charge in [0.25, 0.3) is 0 Å². The molecule has 0 atom stereocenters. The summed E-state index contributed by atoms with van der Waals surface area (Å²) in [6, 6.07) is 7.56. The van der Waals surface area contributed by atoms with Crippen LogP contribution in [-0.2, 0) is 13.1 Å². The fourth-order valence-electron chi connectivity index (χ4n) is 2.27. The second-order valence-electron chi connectivity index (χ2n) is 4.54. The Balaban J connectivity index is 1.69. The molecule has 0 amide bonds. The topological polar surface area (TPSA) is 49.4 Å². The maximum Gasteiger partial charge on any atom is 0.123 e. The number of fused-ring (bicyclic) bond motifs is 1. The van der Waals surface area contributed by atoms with Crippen molar-refractivity contribution < 1.29 is 4.74 Å². The molecule has 5 nitrogen and oxygen atoms in total. The van der Waals surface area contributed by atoms with Crippen molar-refractivity contribution in [2.45, 2.75) is 13.1 Å². The zero-order chi connectivity index (χ0) is 13.9. The first-order valence-corrected chi connectivity index (χ1v) is 6.66. The number of anilines is 1. The minimum Gasteiger partial charge on any atom is -0.496 e. The van der Waals surface area contributed by atoms with Gasteiger partial charge in [-0.2, -0.15) is 5.53 Å². The van der Waals surface area contributed by atoms with Crippen LogP contribution in [-0.4, -0.2) is 17.1 Å². The van der Waals surface area contributed by atoms with Crippen LogP contribution in [0, 0.1) is 0 Å². The average molecular weight is 291 g/mol. The van der Waals surface area contributed by atoms with Crippen molar-refractivity contribution in [1.82, 2.24) is 15.5 Å². The van der Waals surface area contributed by atoms with Crippen molar-refractivity contribution >= 4 is 17.3 Å². The normalized spacial score (nSPS) is 14.1. The number of methoxy groups -OCH3 is 1. The molecule has 2 heterocycles. The van der Waals surface area contributed by atoms with Gasteiger partial charge in [-0.15, -0.1) is 0 Å². The van der Waals surface area contributed by atoms with Gasteiger partial charge in [0.15, 0.2) is 0 Å². The Bertz CT molecular complexity index is 606. The van der Waals surface area contributed by atoms with Gasteiger partial charge in [0, 0.05) is 36.1 Å². The maximum absolute atomic E-state index is 6.24. The van der Waals surface area contributed by atoms with Gasteiger partial charge in [0.05, 0.1) is 12.8 Å². The number of rotatable bonds is 4. The lowest BCUT2D eigenvalue weighted by atomic mass is 10.1. The van der Waals surface area contributed by atoms with Gasteiger partial charge in [-0.3, -0.25) is 4.98 Å². The van der Waals surface area contributed by atoms with Crippen molar-refractivity contribution in [2.75, 3.05) is 12.5 Å². The second-order valence-corrected chi connectivity index (χ2v) is 4.94. The summed E-state index contributed by atoms with van der Waals surface area (Å²) in [4.78, 5) is 3.98. The number of hydrazine groups is 2. The maximum atomic E-state index is 6.24. The van der Waals surface area contributed by atoms with E-state index in [9.17, 15) is 0 Å². The third-order valence-electron chi connectivity index (χ3n) is 3.29. The standard InChI is InChI=1S/C14H15ClN4O/c1-20-14-3-2-13(15)11-8-19(9-12(11)14)18-17-10-4-6-16-7-5-10/h2-7,18H,8-9H2,1H3,(H,16,17). The van der Waals surface area contributed by atoms with Gasteiger partial charge in [0.2, 0.25) is 0 Å². The van der Waals surface area contributed by atoms with Gasteiger partial charge >= 0.3 is 0 Å². The molecule has 0 radical (unpaired) electrons. The number of hydrogen-bond acceptors (Lipinski definition) is 5. The molecule has 0 aliphatic carbocycles. The Labute approximate surface area is 122 Å². The van der Waals surface area contributed by atoms with Crippen LogP contribution < -0.4 is 15.7 Å². The highest BCUT2D eigenvalue weighted by molar-refractivity contribution is 6.31. The van der Waals surface area contributed by atoms with E-state index < -0.39 is 0 Å². The number of ether oxygens (including phenoxy) is 1. The van der Waals surface area contributed by atoms with Crippen molar-refractivity contribution in [3.05, 3.63) is 52.8 Å². The summed E-state index contributed by atoms with van der Waals surface area (Å²) < 4.78 is 5.38. The molecule has 1 aliphatic rings. The summed E-state index contributed by atoms with van der Waals surface area (Å²) >= 11 is 6.24. The molecule has 0 saturated carbocycles. The third kappa shape index (κ3) is 2.56. The van der Waals surface area contributed by atoms with E-state index >= 15 is 0 Å². The molecule has 0 unspecified atom stereocenters. The summed E-state index contributed by atoms with van der Waals surface area (Å²) in [5.41, 5.74) is 9.48. The van der Waals surface area contributed by atoms with E-state index in [1.165, 1.54) is 0 Å². The van der Waals surface area contributed by atoms with Gasteiger partial charge in [-0.1, -0.05) is 11.6 Å². The monoisotopic (exact) mass is 290 g/mol. The van der Waals surface area contributed by atoms with Crippen LogP contribution in [0.15, 0.2) is 36.7 Å². The molecule has 104 valence electrons. The highest BCUT2D eigenvalue weighted by atomic mass is 35.5. The Morgan fingerprint density at radius 1 is 1.15 bits per heavy atom. The summed E-state index contributed by atoms with van der Waals surface area (Å²) in [5, 5.41) is 2.81. The quantitative estimate of drug-likeness (QED) is 0.848. The van der Waals surface area contributed by atoms with E-state index in [0.717, 1.165) is 40.7 Å². The highest BCUT2D eigenvalue weighted by Crippen LogP contribution is 2.34. The van der Waals surface area contributed by atoms with Crippen LogP contribution in [0.5, 0.6) is 5.75 Å². The van der Waals surface area contributed by atoms with Gasteiger partial charge in [-0.25, -0.2) is 5.01 Å². The summed E-state index contributed by atoms with van der Waals surface area (Å²) in [7, 11) is 1.68. The van der Waals surface area contributed by atoms with Crippen LogP contribution in [0.1, 0.15) is 11.1 Å². The van der Waals surface area contributed by atoms with E-state index in [4.69, 9.17) is 16.3 Å². The zero-order valence-electron chi connectivity index (χ0n) is 11.1.